The minimum atomic E-state index is -0.0346. The van der Waals surface area contributed by atoms with Gasteiger partial charge >= 0.3 is 0 Å². The summed E-state index contributed by atoms with van der Waals surface area (Å²) in [5, 5.41) is 2.92. The molecular formula is C12H23NO2S. The molecule has 0 aliphatic carbocycles. The Kier molecular flexibility index (Phi) is 10.6. The van der Waals surface area contributed by atoms with Crippen LogP contribution in [-0.2, 0) is 9.59 Å². The summed E-state index contributed by atoms with van der Waals surface area (Å²) in [6, 6.07) is 0. The van der Waals surface area contributed by atoms with E-state index in [9.17, 15) is 9.59 Å². The summed E-state index contributed by atoms with van der Waals surface area (Å²) in [4.78, 5) is 21.9. The zero-order valence-corrected chi connectivity index (χ0v) is 11.2. The lowest BCUT2D eigenvalue weighted by molar-refractivity contribution is -0.118. The number of hydrogen-bond donors (Lipinski definition) is 1. The Morgan fingerprint density at radius 3 is 2.44 bits per heavy atom. The molecule has 0 aromatic rings. The first-order valence-corrected chi connectivity index (χ1v) is 7.05. The van der Waals surface area contributed by atoms with Crippen molar-refractivity contribution in [2.45, 2.75) is 52.4 Å². The van der Waals surface area contributed by atoms with Gasteiger partial charge in [-0.05, 0) is 6.42 Å². The third-order valence-corrected chi connectivity index (χ3v) is 3.16. The van der Waals surface area contributed by atoms with Crippen LogP contribution in [0.4, 0.5) is 0 Å². The Morgan fingerprint density at radius 2 is 1.81 bits per heavy atom. The summed E-state index contributed by atoms with van der Waals surface area (Å²) >= 11 is 1.33. The summed E-state index contributed by atoms with van der Waals surface area (Å²) in [6.45, 7) is 4.25. The second-order valence-corrected chi connectivity index (χ2v) is 5.02. The van der Waals surface area contributed by atoms with Crippen molar-refractivity contribution in [1.29, 1.82) is 0 Å². The van der Waals surface area contributed by atoms with Crippen LogP contribution in [0.2, 0.25) is 0 Å². The van der Waals surface area contributed by atoms with Crippen LogP contribution >= 0.6 is 11.8 Å². The number of amides is 1. The van der Waals surface area contributed by atoms with Gasteiger partial charge in [-0.2, -0.15) is 0 Å². The normalized spacial score (nSPS) is 10.1. The van der Waals surface area contributed by atoms with Gasteiger partial charge in [0.2, 0.25) is 5.91 Å². The Labute approximate surface area is 103 Å². The molecule has 94 valence electrons. The van der Waals surface area contributed by atoms with Crippen LogP contribution in [0.5, 0.6) is 0 Å². The third-order valence-electron chi connectivity index (χ3n) is 2.22. The van der Waals surface area contributed by atoms with Crippen LogP contribution in [-0.4, -0.2) is 23.3 Å². The zero-order chi connectivity index (χ0) is 12.2. The fourth-order valence-electron chi connectivity index (χ4n) is 1.34. The predicted molar refractivity (Wildman–Crippen MR) is 69.5 cm³/mol. The van der Waals surface area contributed by atoms with Crippen LogP contribution < -0.4 is 5.32 Å². The van der Waals surface area contributed by atoms with E-state index in [1.807, 2.05) is 0 Å². The lowest BCUT2D eigenvalue weighted by Gasteiger charge is -2.02. The van der Waals surface area contributed by atoms with Gasteiger partial charge in [0, 0.05) is 25.6 Å². The maximum Gasteiger partial charge on any atom is 0.216 e. The standard InChI is InChI=1S/C12H23NO2S/c1-3-4-5-6-7-8-12(15)16-10-9-13-11(2)14/h3-10H2,1-2H3,(H,13,14). The zero-order valence-electron chi connectivity index (χ0n) is 10.4. The second kappa shape index (κ2) is 11.0. The molecule has 0 heterocycles. The largest absolute Gasteiger partial charge is 0.356 e. The molecule has 0 saturated carbocycles. The number of unbranched alkanes of at least 4 members (excludes halogenated alkanes) is 4. The van der Waals surface area contributed by atoms with E-state index >= 15 is 0 Å². The Bertz CT molecular complexity index is 207. The average Bonchev–Trinajstić information content (AvgIpc) is 2.24. The van der Waals surface area contributed by atoms with Gasteiger partial charge in [-0.25, -0.2) is 0 Å². The molecule has 0 saturated heterocycles. The van der Waals surface area contributed by atoms with E-state index in [0.29, 0.717) is 18.7 Å². The highest BCUT2D eigenvalue weighted by molar-refractivity contribution is 8.13. The maximum absolute atomic E-state index is 11.4. The van der Waals surface area contributed by atoms with E-state index in [2.05, 4.69) is 12.2 Å². The molecule has 4 heteroatoms. The van der Waals surface area contributed by atoms with Crippen LogP contribution in [0, 0.1) is 0 Å². The molecular weight excluding hydrogens is 222 g/mol. The summed E-state index contributed by atoms with van der Waals surface area (Å²) in [6.07, 6.45) is 6.58. The Balaban J connectivity index is 3.21. The monoisotopic (exact) mass is 245 g/mol. The smallest absolute Gasteiger partial charge is 0.216 e. The van der Waals surface area contributed by atoms with Gasteiger partial charge in [-0.15, -0.1) is 0 Å². The molecule has 1 amide bonds. The van der Waals surface area contributed by atoms with Crippen molar-refractivity contribution >= 4 is 22.8 Å². The fraction of sp³-hybridized carbons (Fsp3) is 0.833. The van der Waals surface area contributed by atoms with Crippen LogP contribution in [0.25, 0.3) is 0 Å². The lowest BCUT2D eigenvalue weighted by Crippen LogP contribution is -2.22. The Morgan fingerprint density at radius 1 is 1.12 bits per heavy atom. The molecule has 0 aliphatic heterocycles. The Hall–Kier alpha value is -0.510. The average molecular weight is 245 g/mol. The van der Waals surface area contributed by atoms with Crippen LogP contribution in [0.15, 0.2) is 0 Å². The molecule has 3 nitrogen and oxygen atoms in total. The minimum absolute atomic E-state index is 0.0346. The molecule has 0 fully saturated rings. The molecule has 0 rings (SSSR count). The third kappa shape index (κ3) is 11.6. The number of carbonyl (C=O) groups is 2. The molecule has 0 radical (unpaired) electrons. The van der Waals surface area contributed by atoms with Gasteiger partial charge < -0.3 is 5.32 Å². The summed E-state index contributed by atoms with van der Waals surface area (Å²) in [7, 11) is 0. The SMILES string of the molecule is CCCCCCCC(=O)SCCNC(C)=O. The molecule has 0 unspecified atom stereocenters. The molecule has 16 heavy (non-hydrogen) atoms. The van der Waals surface area contributed by atoms with Gasteiger partial charge in [0.15, 0.2) is 5.12 Å². The van der Waals surface area contributed by atoms with Crippen LogP contribution in [0.3, 0.4) is 0 Å². The van der Waals surface area contributed by atoms with Gasteiger partial charge in [0.1, 0.15) is 0 Å². The number of nitrogens with one attached hydrogen (secondary N) is 1. The van der Waals surface area contributed by atoms with Crippen molar-refractivity contribution < 1.29 is 9.59 Å². The van der Waals surface area contributed by atoms with Crippen molar-refractivity contribution in [2.75, 3.05) is 12.3 Å². The molecule has 0 aliphatic rings. The van der Waals surface area contributed by atoms with Crippen molar-refractivity contribution in [3.8, 4) is 0 Å². The van der Waals surface area contributed by atoms with E-state index in [0.717, 1.165) is 12.8 Å². The number of carbonyl (C=O) groups excluding carboxylic acids is 2. The van der Waals surface area contributed by atoms with E-state index in [1.54, 1.807) is 0 Å². The number of rotatable bonds is 9. The first-order chi connectivity index (χ1) is 7.66. The van der Waals surface area contributed by atoms with Crippen molar-refractivity contribution in [3.05, 3.63) is 0 Å². The molecule has 0 aromatic carbocycles. The maximum atomic E-state index is 11.4. The minimum Gasteiger partial charge on any atom is -0.356 e. The van der Waals surface area contributed by atoms with E-state index < -0.39 is 0 Å². The van der Waals surface area contributed by atoms with Gasteiger partial charge in [0.25, 0.3) is 0 Å². The first-order valence-electron chi connectivity index (χ1n) is 6.07. The summed E-state index contributed by atoms with van der Waals surface area (Å²) in [5.41, 5.74) is 0. The summed E-state index contributed by atoms with van der Waals surface area (Å²) in [5.74, 6) is 0.653. The summed E-state index contributed by atoms with van der Waals surface area (Å²) < 4.78 is 0. The molecule has 0 aromatic heterocycles. The molecule has 0 spiro atoms. The molecule has 1 N–H and O–H groups in total. The van der Waals surface area contributed by atoms with Gasteiger partial charge in [-0.3, -0.25) is 9.59 Å². The lowest BCUT2D eigenvalue weighted by atomic mass is 10.1. The second-order valence-electron chi connectivity index (χ2n) is 3.87. The quantitative estimate of drug-likeness (QED) is 0.635. The van der Waals surface area contributed by atoms with Crippen LogP contribution in [0.1, 0.15) is 52.4 Å². The molecule has 0 atom stereocenters. The topological polar surface area (TPSA) is 46.2 Å². The predicted octanol–water partition coefficient (Wildman–Crippen LogP) is 2.74. The number of hydrogen-bond acceptors (Lipinski definition) is 3. The van der Waals surface area contributed by atoms with Crippen molar-refractivity contribution in [2.24, 2.45) is 0 Å². The number of thioether (sulfide) groups is 1. The first kappa shape index (κ1) is 15.5. The highest BCUT2D eigenvalue weighted by Gasteiger charge is 2.02. The van der Waals surface area contributed by atoms with Crippen molar-refractivity contribution in [1.82, 2.24) is 5.32 Å². The van der Waals surface area contributed by atoms with E-state index in [4.69, 9.17) is 0 Å². The van der Waals surface area contributed by atoms with Gasteiger partial charge in [0.05, 0.1) is 0 Å². The van der Waals surface area contributed by atoms with E-state index in [-0.39, 0.29) is 11.0 Å². The fourth-order valence-corrected chi connectivity index (χ4v) is 2.06. The highest BCUT2D eigenvalue weighted by Crippen LogP contribution is 2.10. The molecule has 0 bridgehead atoms. The highest BCUT2D eigenvalue weighted by atomic mass is 32.2. The van der Waals surface area contributed by atoms with E-state index in [1.165, 1.54) is 37.9 Å². The van der Waals surface area contributed by atoms with Gasteiger partial charge in [-0.1, -0.05) is 44.4 Å². The van der Waals surface area contributed by atoms with Crippen molar-refractivity contribution in [3.63, 3.8) is 0 Å².